The van der Waals surface area contributed by atoms with Gasteiger partial charge in [0.1, 0.15) is 17.6 Å². The van der Waals surface area contributed by atoms with E-state index in [9.17, 15) is 4.79 Å². The van der Waals surface area contributed by atoms with Crippen LogP contribution in [0, 0.1) is 0 Å². The molecule has 1 atom stereocenters. The van der Waals surface area contributed by atoms with Crippen molar-refractivity contribution in [2.24, 2.45) is 7.05 Å². The van der Waals surface area contributed by atoms with Crippen LogP contribution in [0.25, 0.3) is 0 Å². The summed E-state index contributed by atoms with van der Waals surface area (Å²) in [5.41, 5.74) is 1.62. The minimum absolute atomic E-state index is 0.140. The Morgan fingerprint density at radius 1 is 1.29 bits per heavy atom. The lowest BCUT2D eigenvalue weighted by Crippen LogP contribution is -2.32. The maximum Gasteiger partial charge on any atom is 0.225 e. The first kappa shape index (κ1) is 21.1. The number of amides is 1. The highest BCUT2D eigenvalue weighted by Gasteiger charge is 2.22. The van der Waals surface area contributed by atoms with Gasteiger partial charge in [0.05, 0.1) is 31.8 Å². The summed E-state index contributed by atoms with van der Waals surface area (Å²) in [5, 5.41) is 3.54. The normalized spacial score (nSPS) is 13.9. The standard InChI is InChI=1S/C23H24ClN3O4/c1-27-8-7-25-23(27)21(16-5-3-6-17(14-16)29-2)26-20(28)13-15-11-18(24)22-19(12-15)30-9-4-10-31-22/h3,5-8,11-12,14,21H,4,9-10,13H2,1-2H3,(H,26,28). The topological polar surface area (TPSA) is 74.6 Å². The number of methoxy groups -OCH3 is 1. The van der Waals surface area contributed by atoms with Crippen LogP contribution in [0.1, 0.15) is 29.4 Å². The molecule has 1 unspecified atom stereocenters. The summed E-state index contributed by atoms with van der Waals surface area (Å²) in [6.45, 7) is 1.11. The van der Waals surface area contributed by atoms with Crippen molar-refractivity contribution in [1.82, 2.24) is 14.9 Å². The van der Waals surface area contributed by atoms with E-state index in [0.29, 0.717) is 35.5 Å². The number of nitrogens with one attached hydrogen (secondary N) is 1. The number of ether oxygens (including phenoxy) is 3. The van der Waals surface area contributed by atoms with E-state index in [0.717, 1.165) is 23.4 Å². The molecule has 7 nitrogen and oxygen atoms in total. The molecule has 0 fully saturated rings. The third-order valence-corrected chi connectivity index (χ3v) is 5.36. The van der Waals surface area contributed by atoms with Gasteiger partial charge in [-0.3, -0.25) is 4.79 Å². The van der Waals surface area contributed by atoms with E-state index in [4.69, 9.17) is 25.8 Å². The molecule has 1 amide bonds. The first-order valence-electron chi connectivity index (χ1n) is 10.0. The smallest absolute Gasteiger partial charge is 0.225 e. The number of nitrogens with zero attached hydrogens (tertiary/aromatic N) is 2. The number of hydrogen-bond acceptors (Lipinski definition) is 5. The predicted molar refractivity (Wildman–Crippen MR) is 117 cm³/mol. The Morgan fingerprint density at radius 3 is 2.90 bits per heavy atom. The SMILES string of the molecule is COc1cccc(C(NC(=O)Cc2cc(Cl)c3c(c2)OCCCO3)c2nccn2C)c1. The number of hydrogen-bond donors (Lipinski definition) is 1. The van der Waals surface area contributed by atoms with Crippen LogP contribution in [0.3, 0.4) is 0 Å². The second-order valence-corrected chi connectivity index (χ2v) is 7.71. The maximum atomic E-state index is 13.0. The first-order valence-corrected chi connectivity index (χ1v) is 10.4. The summed E-state index contributed by atoms with van der Waals surface area (Å²) in [4.78, 5) is 17.4. The van der Waals surface area contributed by atoms with Gasteiger partial charge in [0.25, 0.3) is 0 Å². The number of aryl methyl sites for hydroxylation is 1. The summed E-state index contributed by atoms with van der Waals surface area (Å²) in [6, 6.07) is 10.7. The molecule has 0 saturated heterocycles. The van der Waals surface area contributed by atoms with Crippen molar-refractivity contribution in [3.8, 4) is 17.2 Å². The van der Waals surface area contributed by atoms with Crippen LogP contribution in [-0.2, 0) is 18.3 Å². The fourth-order valence-electron chi connectivity index (χ4n) is 3.56. The third-order valence-electron chi connectivity index (χ3n) is 5.08. The fraction of sp³-hybridized carbons (Fsp3) is 0.304. The number of halogens is 1. The summed E-state index contributed by atoms with van der Waals surface area (Å²) in [5.74, 6) is 2.37. The largest absolute Gasteiger partial charge is 0.497 e. The van der Waals surface area contributed by atoms with Gasteiger partial charge in [0.2, 0.25) is 5.91 Å². The van der Waals surface area contributed by atoms with Crippen molar-refractivity contribution in [2.45, 2.75) is 18.9 Å². The van der Waals surface area contributed by atoms with Crippen LogP contribution in [0.15, 0.2) is 48.8 Å². The van der Waals surface area contributed by atoms with Gasteiger partial charge in [-0.25, -0.2) is 4.98 Å². The van der Waals surface area contributed by atoms with Crippen LogP contribution in [0.2, 0.25) is 5.02 Å². The number of benzene rings is 2. The molecule has 1 N–H and O–H groups in total. The van der Waals surface area contributed by atoms with Crippen molar-refractivity contribution in [1.29, 1.82) is 0 Å². The number of imidazole rings is 1. The lowest BCUT2D eigenvalue weighted by atomic mass is 10.0. The molecule has 1 aliphatic heterocycles. The molecule has 162 valence electrons. The van der Waals surface area contributed by atoms with Gasteiger partial charge in [-0.15, -0.1) is 0 Å². The van der Waals surface area contributed by atoms with Crippen molar-refractivity contribution in [3.63, 3.8) is 0 Å². The van der Waals surface area contributed by atoms with Gasteiger partial charge in [-0.2, -0.15) is 0 Å². The summed E-state index contributed by atoms with van der Waals surface area (Å²) in [7, 11) is 3.51. The predicted octanol–water partition coefficient (Wildman–Crippen LogP) is 3.69. The summed E-state index contributed by atoms with van der Waals surface area (Å²) < 4.78 is 18.6. The Hall–Kier alpha value is -3.19. The van der Waals surface area contributed by atoms with Crippen molar-refractivity contribution in [2.75, 3.05) is 20.3 Å². The van der Waals surface area contributed by atoms with Crippen molar-refractivity contribution in [3.05, 3.63) is 70.8 Å². The zero-order valence-electron chi connectivity index (χ0n) is 17.4. The van der Waals surface area contributed by atoms with Gasteiger partial charge in [0, 0.05) is 25.9 Å². The average molecular weight is 442 g/mol. The molecular weight excluding hydrogens is 418 g/mol. The van der Waals surface area contributed by atoms with Gasteiger partial charge in [-0.05, 0) is 35.4 Å². The average Bonchev–Trinajstić information content (AvgIpc) is 3.03. The minimum Gasteiger partial charge on any atom is -0.497 e. The number of carbonyl (C=O) groups is 1. The zero-order valence-corrected chi connectivity index (χ0v) is 18.2. The second kappa shape index (κ2) is 9.31. The van der Waals surface area contributed by atoms with Crippen molar-refractivity contribution < 1.29 is 19.0 Å². The Morgan fingerprint density at radius 2 is 2.13 bits per heavy atom. The van der Waals surface area contributed by atoms with E-state index in [2.05, 4.69) is 10.3 Å². The van der Waals surface area contributed by atoms with Gasteiger partial charge < -0.3 is 24.1 Å². The Bertz CT molecular complexity index is 1080. The van der Waals surface area contributed by atoms with Gasteiger partial charge in [0.15, 0.2) is 11.5 Å². The highest BCUT2D eigenvalue weighted by Crippen LogP contribution is 2.38. The van der Waals surface area contributed by atoms with E-state index in [1.54, 1.807) is 19.4 Å². The van der Waals surface area contributed by atoms with Crippen LogP contribution in [-0.4, -0.2) is 35.8 Å². The summed E-state index contributed by atoms with van der Waals surface area (Å²) in [6.07, 6.45) is 4.48. The van der Waals surface area contributed by atoms with E-state index < -0.39 is 6.04 Å². The molecular formula is C23H24ClN3O4. The van der Waals surface area contributed by atoms with Crippen LogP contribution in [0.5, 0.6) is 17.2 Å². The maximum absolute atomic E-state index is 13.0. The number of fused-ring (bicyclic) bond motifs is 1. The Kier molecular flexibility index (Phi) is 6.32. The van der Waals surface area contributed by atoms with E-state index >= 15 is 0 Å². The first-order chi connectivity index (χ1) is 15.0. The zero-order chi connectivity index (χ0) is 21.8. The molecule has 3 aromatic rings. The van der Waals surface area contributed by atoms with Gasteiger partial charge >= 0.3 is 0 Å². The minimum atomic E-state index is -0.432. The highest BCUT2D eigenvalue weighted by atomic mass is 35.5. The lowest BCUT2D eigenvalue weighted by Gasteiger charge is -2.20. The Balaban J connectivity index is 1.58. The molecule has 31 heavy (non-hydrogen) atoms. The molecule has 2 aromatic carbocycles. The monoisotopic (exact) mass is 441 g/mol. The molecule has 8 heteroatoms. The molecule has 1 aliphatic rings. The van der Waals surface area contributed by atoms with E-state index in [-0.39, 0.29) is 12.3 Å². The molecule has 1 aromatic heterocycles. The van der Waals surface area contributed by atoms with E-state index in [1.165, 1.54) is 0 Å². The molecule has 0 spiro atoms. The molecule has 0 radical (unpaired) electrons. The molecule has 2 heterocycles. The van der Waals surface area contributed by atoms with Crippen molar-refractivity contribution >= 4 is 17.5 Å². The van der Waals surface area contributed by atoms with Crippen LogP contribution < -0.4 is 19.5 Å². The molecule has 0 aliphatic carbocycles. The number of aromatic nitrogens is 2. The van der Waals surface area contributed by atoms with Crippen LogP contribution >= 0.6 is 11.6 Å². The van der Waals surface area contributed by atoms with Gasteiger partial charge in [-0.1, -0.05) is 23.7 Å². The number of carbonyl (C=O) groups excluding carboxylic acids is 1. The second-order valence-electron chi connectivity index (χ2n) is 7.31. The fourth-order valence-corrected chi connectivity index (χ4v) is 3.84. The Labute approximate surface area is 185 Å². The molecule has 4 rings (SSSR count). The third kappa shape index (κ3) is 4.77. The number of rotatable bonds is 6. The molecule has 0 bridgehead atoms. The molecule has 0 saturated carbocycles. The quantitative estimate of drug-likeness (QED) is 0.631. The highest BCUT2D eigenvalue weighted by molar-refractivity contribution is 6.32. The van der Waals surface area contributed by atoms with E-state index in [1.807, 2.05) is 48.1 Å². The summed E-state index contributed by atoms with van der Waals surface area (Å²) >= 11 is 6.38. The van der Waals surface area contributed by atoms with Crippen LogP contribution in [0.4, 0.5) is 0 Å². The lowest BCUT2D eigenvalue weighted by molar-refractivity contribution is -0.121.